The van der Waals surface area contributed by atoms with Gasteiger partial charge in [-0.05, 0) is 89.3 Å². The number of aryl methyl sites for hydroxylation is 1. The fourth-order valence-electron chi connectivity index (χ4n) is 3.31. The van der Waals surface area contributed by atoms with Crippen LogP contribution in [0.3, 0.4) is 0 Å². The molecule has 1 aliphatic heterocycles. The summed E-state index contributed by atoms with van der Waals surface area (Å²) in [4.78, 5) is 11.4. The highest BCUT2D eigenvalue weighted by molar-refractivity contribution is 5.93. The number of ether oxygens (including phenoxy) is 1. The zero-order valence-corrected chi connectivity index (χ0v) is 18.2. The first-order valence-electron chi connectivity index (χ1n) is 10.5. The predicted molar refractivity (Wildman–Crippen MR) is 116 cm³/mol. The first-order chi connectivity index (χ1) is 13.9. The van der Waals surface area contributed by atoms with Gasteiger partial charge in [0.2, 0.25) is 0 Å². The molecule has 1 unspecified atom stereocenters. The van der Waals surface area contributed by atoms with Crippen molar-refractivity contribution < 1.29 is 19.1 Å². The van der Waals surface area contributed by atoms with E-state index in [1.54, 1.807) is 13.2 Å². The van der Waals surface area contributed by atoms with E-state index >= 15 is 0 Å². The lowest BCUT2D eigenvalue weighted by Gasteiger charge is -2.07. The van der Waals surface area contributed by atoms with Crippen LogP contribution in [0.1, 0.15) is 71.8 Å². The molecule has 0 fully saturated rings. The Kier molecular flexibility index (Phi) is 9.04. The van der Waals surface area contributed by atoms with Gasteiger partial charge in [0.15, 0.2) is 11.5 Å². The van der Waals surface area contributed by atoms with Gasteiger partial charge in [0.05, 0.1) is 18.1 Å². The molecule has 1 aromatic rings. The van der Waals surface area contributed by atoms with E-state index in [0.717, 1.165) is 44.9 Å². The summed E-state index contributed by atoms with van der Waals surface area (Å²) in [5.41, 5.74) is 4.41. The third kappa shape index (κ3) is 7.80. The Morgan fingerprint density at radius 1 is 1.17 bits per heavy atom. The second-order valence-electron chi connectivity index (χ2n) is 8.07. The lowest BCUT2D eigenvalue weighted by Crippen LogP contribution is -1.97. The largest absolute Gasteiger partial charge is 0.504 e. The molecule has 1 atom stereocenters. The van der Waals surface area contributed by atoms with Crippen molar-refractivity contribution >= 4 is 5.97 Å². The number of hydrogen-bond acceptors (Lipinski definition) is 4. The predicted octanol–water partition coefficient (Wildman–Crippen LogP) is 6.96. The summed E-state index contributed by atoms with van der Waals surface area (Å²) < 4.78 is 10.2. The van der Waals surface area contributed by atoms with Crippen molar-refractivity contribution in [3.05, 3.63) is 70.6 Å². The fraction of sp³-hybridized carbons (Fsp3) is 0.480. The molecule has 1 aromatic heterocycles. The van der Waals surface area contributed by atoms with Crippen LogP contribution < -0.4 is 0 Å². The van der Waals surface area contributed by atoms with Crippen LogP contribution in [0.15, 0.2) is 69.5 Å². The Bertz CT molecular complexity index is 791. The van der Waals surface area contributed by atoms with Gasteiger partial charge in [0.25, 0.3) is 0 Å². The molecule has 158 valence electrons. The molecule has 0 aliphatic carbocycles. The van der Waals surface area contributed by atoms with E-state index < -0.39 is 5.97 Å². The van der Waals surface area contributed by atoms with Gasteiger partial charge in [-0.25, -0.2) is 4.79 Å². The van der Waals surface area contributed by atoms with Crippen LogP contribution in [-0.4, -0.2) is 11.1 Å². The Morgan fingerprint density at radius 3 is 2.55 bits per heavy atom. The highest BCUT2D eigenvalue weighted by Gasteiger charge is 2.26. The average Bonchev–Trinajstić information content (AvgIpc) is 3.27. The summed E-state index contributed by atoms with van der Waals surface area (Å²) in [5, 5.41) is 9.88. The van der Waals surface area contributed by atoms with Crippen molar-refractivity contribution in [3.8, 4) is 0 Å². The maximum absolute atomic E-state index is 11.4. The number of rotatable bonds is 11. The summed E-state index contributed by atoms with van der Waals surface area (Å²) in [6.07, 6.45) is 17.5. The summed E-state index contributed by atoms with van der Waals surface area (Å²) in [5.74, 6) is 0.0448. The van der Waals surface area contributed by atoms with Gasteiger partial charge in [-0.15, -0.1) is 0 Å². The van der Waals surface area contributed by atoms with Gasteiger partial charge in [-0.3, -0.25) is 0 Å². The molecule has 0 aromatic carbocycles. The highest BCUT2D eigenvalue weighted by Crippen LogP contribution is 2.26. The molecule has 0 bridgehead atoms. The SMILES string of the molecule is CC(=CCCC(C)C=C1OC(=O)C(C)=C1O)CCC=C(C)CCCc1ccoc1. The van der Waals surface area contributed by atoms with E-state index in [9.17, 15) is 9.90 Å². The second-order valence-corrected chi connectivity index (χ2v) is 8.07. The first kappa shape index (κ1) is 22.8. The highest BCUT2D eigenvalue weighted by atomic mass is 16.6. The molecule has 1 aliphatic rings. The second kappa shape index (κ2) is 11.5. The number of allylic oxidation sites excluding steroid dienone is 5. The number of esters is 1. The molecule has 0 amide bonds. The number of cyclic esters (lactones) is 1. The zero-order chi connectivity index (χ0) is 21.2. The summed E-state index contributed by atoms with van der Waals surface area (Å²) >= 11 is 0. The van der Waals surface area contributed by atoms with Crippen molar-refractivity contribution in [1.29, 1.82) is 0 Å². The Labute approximate surface area is 174 Å². The minimum atomic E-state index is -0.457. The van der Waals surface area contributed by atoms with Crippen LogP contribution in [0.5, 0.6) is 0 Å². The molecular formula is C25H34O4. The third-order valence-corrected chi connectivity index (χ3v) is 5.30. The average molecular weight is 399 g/mol. The smallest absolute Gasteiger partial charge is 0.343 e. The molecule has 0 saturated heterocycles. The maximum Gasteiger partial charge on any atom is 0.343 e. The van der Waals surface area contributed by atoms with E-state index in [2.05, 4.69) is 32.9 Å². The van der Waals surface area contributed by atoms with Crippen LogP contribution in [0.25, 0.3) is 0 Å². The van der Waals surface area contributed by atoms with Gasteiger partial charge in [0, 0.05) is 0 Å². The van der Waals surface area contributed by atoms with E-state index in [0.29, 0.717) is 5.76 Å². The van der Waals surface area contributed by atoms with Crippen LogP contribution in [0, 0.1) is 5.92 Å². The fourth-order valence-corrected chi connectivity index (χ4v) is 3.31. The Hall–Kier alpha value is -2.49. The van der Waals surface area contributed by atoms with Gasteiger partial charge < -0.3 is 14.3 Å². The third-order valence-electron chi connectivity index (χ3n) is 5.30. The van der Waals surface area contributed by atoms with Crippen molar-refractivity contribution in [2.24, 2.45) is 5.92 Å². The minimum absolute atomic E-state index is 0.0273. The monoisotopic (exact) mass is 398 g/mol. The number of aliphatic hydroxyl groups is 1. The molecule has 1 N–H and O–H groups in total. The molecule has 2 heterocycles. The standard InChI is InChI=1S/C25H34O4/c1-18(8-5-9-19(2)11-7-13-22-14-15-28-17-22)10-6-12-20(3)16-23-24(26)21(4)25(27)29-23/h9-10,14-17,20,26H,5-8,11-13H2,1-4H3. The zero-order valence-electron chi connectivity index (χ0n) is 18.2. The Morgan fingerprint density at radius 2 is 1.90 bits per heavy atom. The van der Waals surface area contributed by atoms with Gasteiger partial charge in [0.1, 0.15) is 0 Å². The number of carbonyl (C=O) groups is 1. The van der Waals surface area contributed by atoms with Gasteiger partial charge >= 0.3 is 5.97 Å². The molecule has 4 heteroatoms. The molecule has 29 heavy (non-hydrogen) atoms. The molecule has 0 saturated carbocycles. The summed E-state index contributed by atoms with van der Waals surface area (Å²) in [6, 6.07) is 2.03. The molecular weight excluding hydrogens is 364 g/mol. The van der Waals surface area contributed by atoms with Crippen LogP contribution in [-0.2, 0) is 16.0 Å². The summed E-state index contributed by atoms with van der Waals surface area (Å²) in [7, 11) is 0. The normalized spacial score (nSPS) is 17.9. The van der Waals surface area contributed by atoms with Crippen molar-refractivity contribution in [1.82, 2.24) is 0 Å². The van der Waals surface area contributed by atoms with Crippen LogP contribution in [0.4, 0.5) is 0 Å². The molecule has 2 rings (SSSR count). The molecule has 4 nitrogen and oxygen atoms in total. The van der Waals surface area contributed by atoms with Crippen molar-refractivity contribution in [3.63, 3.8) is 0 Å². The maximum atomic E-state index is 11.4. The minimum Gasteiger partial charge on any atom is -0.504 e. The lowest BCUT2D eigenvalue weighted by atomic mass is 10.0. The van der Waals surface area contributed by atoms with Gasteiger partial charge in [-0.2, -0.15) is 0 Å². The van der Waals surface area contributed by atoms with E-state index in [-0.39, 0.29) is 17.3 Å². The lowest BCUT2D eigenvalue weighted by molar-refractivity contribution is -0.133. The van der Waals surface area contributed by atoms with E-state index in [4.69, 9.17) is 9.15 Å². The molecule has 0 radical (unpaired) electrons. The number of carbonyl (C=O) groups excluding carboxylic acids is 1. The van der Waals surface area contributed by atoms with E-state index in [1.807, 2.05) is 18.4 Å². The summed E-state index contributed by atoms with van der Waals surface area (Å²) in [6.45, 7) is 8.04. The number of aliphatic hydroxyl groups excluding tert-OH is 1. The Balaban J connectivity index is 1.64. The van der Waals surface area contributed by atoms with E-state index in [1.165, 1.54) is 16.7 Å². The topological polar surface area (TPSA) is 59.7 Å². The van der Waals surface area contributed by atoms with Crippen molar-refractivity contribution in [2.75, 3.05) is 0 Å². The quantitative estimate of drug-likeness (QED) is 0.323. The van der Waals surface area contributed by atoms with Gasteiger partial charge in [-0.1, -0.05) is 30.2 Å². The van der Waals surface area contributed by atoms with Crippen LogP contribution in [0.2, 0.25) is 0 Å². The van der Waals surface area contributed by atoms with Crippen LogP contribution >= 0.6 is 0 Å². The first-order valence-corrected chi connectivity index (χ1v) is 10.5. The number of hydrogen-bond donors (Lipinski definition) is 1. The molecule has 0 spiro atoms. The van der Waals surface area contributed by atoms with Crippen molar-refractivity contribution in [2.45, 2.75) is 72.6 Å². The number of furan rings is 1.